The summed E-state index contributed by atoms with van der Waals surface area (Å²) in [6.07, 6.45) is 8.99. The van der Waals surface area contributed by atoms with Crippen molar-refractivity contribution in [2.24, 2.45) is 0 Å². The van der Waals surface area contributed by atoms with Gasteiger partial charge in [-0.05, 0) is 0 Å². The van der Waals surface area contributed by atoms with Crippen LogP contribution in [0, 0.1) is 0 Å². The fourth-order valence-corrected chi connectivity index (χ4v) is 25.1. The quantitative estimate of drug-likeness (QED) is 0.347. The van der Waals surface area contributed by atoms with Crippen LogP contribution in [0.15, 0.2) is 52.6 Å². The number of rotatable bonds is 5. The molecular weight excluding hydrogens is 479 g/mol. The first-order valence-electron chi connectivity index (χ1n) is 10.3. The molecule has 0 nitrogen and oxygen atoms in total. The van der Waals surface area contributed by atoms with Crippen molar-refractivity contribution in [2.45, 2.75) is 76.5 Å². The Morgan fingerprint density at radius 1 is 0.923 bits per heavy atom. The van der Waals surface area contributed by atoms with Gasteiger partial charge >= 0.3 is 166 Å². The van der Waals surface area contributed by atoms with Gasteiger partial charge in [0.15, 0.2) is 0 Å². The van der Waals surface area contributed by atoms with Crippen LogP contribution >= 0.6 is 0 Å². The maximum absolute atomic E-state index is 2.95. The van der Waals surface area contributed by atoms with E-state index in [4.69, 9.17) is 0 Å². The van der Waals surface area contributed by atoms with Gasteiger partial charge in [-0.3, -0.25) is 0 Å². The van der Waals surface area contributed by atoms with Gasteiger partial charge in [-0.2, -0.15) is 0 Å². The van der Waals surface area contributed by atoms with Crippen LogP contribution in [-0.4, -0.2) is 0 Å². The summed E-state index contributed by atoms with van der Waals surface area (Å²) in [5, 5.41) is 0. The Kier molecular flexibility index (Phi) is 5.19. The molecule has 2 aliphatic rings. The van der Waals surface area contributed by atoms with Gasteiger partial charge in [0.1, 0.15) is 0 Å². The Bertz CT molecular complexity index is 794. The molecule has 3 rings (SSSR count). The zero-order chi connectivity index (χ0) is 19.3. The van der Waals surface area contributed by atoms with Gasteiger partial charge < -0.3 is 0 Å². The molecule has 26 heavy (non-hydrogen) atoms. The van der Waals surface area contributed by atoms with Gasteiger partial charge in [0, 0.05) is 0 Å². The number of benzene rings is 1. The van der Waals surface area contributed by atoms with Crippen LogP contribution in [0.4, 0.5) is 0 Å². The summed E-state index contributed by atoms with van der Waals surface area (Å²) in [4.78, 5) is 0. The summed E-state index contributed by atoms with van der Waals surface area (Å²) >= 11 is -2.95. The van der Waals surface area contributed by atoms with Gasteiger partial charge in [0.2, 0.25) is 0 Å². The molecule has 0 N–H and O–H groups in total. The van der Waals surface area contributed by atoms with Crippen LogP contribution in [0.2, 0.25) is 12.5 Å². The molecular formula is C25H36Hf. The number of allylic oxidation sites excluding steroid dienone is 5. The van der Waals surface area contributed by atoms with Crippen LogP contribution in [-0.2, 0) is 23.1 Å². The second-order valence-electron chi connectivity index (χ2n) is 9.25. The van der Waals surface area contributed by atoms with E-state index >= 15 is 0 Å². The van der Waals surface area contributed by atoms with Gasteiger partial charge in [0.25, 0.3) is 0 Å². The summed E-state index contributed by atoms with van der Waals surface area (Å²) < 4.78 is 6.10. The molecule has 0 saturated carbocycles. The Morgan fingerprint density at radius 2 is 1.50 bits per heavy atom. The van der Waals surface area contributed by atoms with Crippen LogP contribution < -0.4 is 0 Å². The van der Waals surface area contributed by atoms with Crippen LogP contribution in [0.3, 0.4) is 0 Å². The summed E-state index contributed by atoms with van der Waals surface area (Å²) in [5.41, 5.74) is 9.53. The summed E-state index contributed by atoms with van der Waals surface area (Å²) in [5.74, 6) is 0. The molecule has 0 radical (unpaired) electrons. The van der Waals surface area contributed by atoms with Crippen molar-refractivity contribution >= 4 is 6.08 Å². The average molecular weight is 515 g/mol. The van der Waals surface area contributed by atoms with E-state index in [-0.39, 0.29) is 0 Å². The van der Waals surface area contributed by atoms with Crippen molar-refractivity contribution in [1.82, 2.24) is 0 Å². The Morgan fingerprint density at radius 3 is 2.08 bits per heavy atom. The second kappa shape index (κ2) is 6.73. The third-order valence-corrected chi connectivity index (χ3v) is 30.6. The van der Waals surface area contributed by atoms with Gasteiger partial charge in [0.05, 0.1) is 0 Å². The monoisotopic (exact) mass is 516 g/mol. The SMILES string of the molecule is CCCC[C]1([Hf]([CH3])([CH3])[C]2(C)C(C)=C(C)C(C)=C2C)C=Cc2ccccc21. The van der Waals surface area contributed by atoms with E-state index in [1.165, 1.54) is 24.8 Å². The Hall–Kier alpha value is -0.690. The van der Waals surface area contributed by atoms with Crippen molar-refractivity contribution in [3.05, 3.63) is 63.8 Å². The van der Waals surface area contributed by atoms with Crippen LogP contribution in [0.25, 0.3) is 6.08 Å². The molecule has 1 aromatic carbocycles. The summed E-state index contributed by atoms with van der Waals surface area (Å²) in [6.45, 7) is 14.5. The predicted molar refractivity (Wildman–Crippen MR) is 114 cm³/mol. The van der Waals surface area contributed by atoms with E-state index in [0.29, 0.717) is 6.34 Å². The predicted octanol–water partition coefficient (Wildman–Crippen LogP) is 8.21. The van der Waals surface area contributed by atoms with Crippen molar-refractivity contribution in [1.29, 1.82) is 0 Å². The van der Waals surface area contributed by atoms with Gasteiger partial charge in [-0.1, -0.05) is 0 Å². The maximum atomic E-state index is 2.74. The van der Waals surface area contributed by atoms with Crippen molar-refractivity contribution in [2.75, 3.05) is 0 Å². The molecule has 0 aliphatic heterocycles. The fourth-order valence-electron chi connectivity index (χ4n) is 5.88. The summed E-state index contributed by atoms with van der Waals surface area (Å²) in [6, 6.07) is 9.21. The van der Waals surface area contributed by atoms with E-state index in [9.17, 15) is 0 Å². The number of fused-ring (bicyclic) bond motifs is 1. The van der Waals surface area contributed by atoms with E-state index in [1.54, 1.807) is 27.9 Å². The van der Waals surface area contributed by atoms with E-state index in [0.717, 1.165) is 0 Å². The number of hydrogen-bond donors (Lipinski definition) is 0. The van der Waals surface area contributed by atoms with Crippen molar-refractivity contribution in [3.63, 3.8) is 0 Å². The van der Waals surface area contributed by atoms with E-state index in [2.05, 4.69) is 87.3 Å². The molecule has 140 valence electrons. The Balaban J connectivity index is 2.25. The van der Waals surface area contributed by atoms with E-state index < -0.39 is 20.0 Å². The van der Waals surface area contributed by atoms with Crippen molar-refractivity contribution < 1.29 is 20.0 Å². The standard InChI is InChI=1S/C13H15.C10H15.2CH3.Hf/c1-2-3-6-11-9-10-12-7-4-5-8-13(11)12;1-6-7(2)9(4)10(5)8(6)3;;;/h4-5,7-10H,2-3,6H2,1H3;1-5H3;2*1H3;. The number of unbranched alkanes of at least 4 members (excludes halogenated alkanes) is 1. The molecule has 0 spiro atoms. The average Bonchev–Trinajstić information content (AvgIpc) is 3.09. The minimum atomic E-state index is -2.95. The van der Waals surface area contributed by atoms with Crippen LogP contribution in [0.1, 0.15) is 71.9 Å². The molecule has 0 fully saturated rings. The second-order valence-corrected chi connectivity index (χ2v) is 27.7. The number of hydrogen-bond acceptors (Lipinski definition) is 0. The van der Waals surface area contributed by atoms with Crippen LogP contribution in [0.5, 0.6) is 0 Å². The summed E-state index contributed by atoms with van der Waals surface area (Å²) in [7, 11) is 0. The Labute approximate surface area is 165 Å². The fraction of sp³-hybridized carbons (Fsp3) is 0.520. The molecule has 1 unspecified atom stereocenters. The van der Waals surface area contributed by atoms with E-state index in [1.807, 2.05) is 0 Å². The van der Waals surface area contributed by atoms with Gasteiger partial charge in [-0.25, -0.2) is 0 Å². The third kappa shape index (κ3) is 2.42. The molecule has 0 saturated heterocycles. The molecule has 0 heterocycles. The molecule has 0 bridgehead atoms. The first-order valence-corrected chi connectivity index (χ1v) is 21.1. The molecule has 1 atom stereocenters. The van der Waals surface area contributed by atoms with Crippen molar-refractivity contribution in [3.8, 4) is 0 Å². The molecule has 0 aromatic heterocycles. The topological polar surface area (TPSA) is 0 Å². The zero-order valence-electron chi connectivity index (χ0n) is 18.1. The normalized spacial score (nSPS) is 24.6. The molecule has 2 aliphatic carbocycles. The van der Waals surface area contributed by atoms with Gasteiger partial charge in [-0.15, -0.1) is 0 Å². The zero-order valence-corrected chi connectivity index (χ0v) is 21.7. The molecule has 1 aromatic rings. The third-order valence-electron chi connectivity index (χ3n) is 8.47. The first-order chi connectivity index (χ1) is 12.1. The first kappa shape index (κ1) is 20.1. The molecule has 0 amide bonds. The molecule has 1 heteroatoms. The minimum absolute atomic E-state index is 0.302.